The summed E-state index contributed by atoms with van der Waals surface area (Å²) in [6.07, 6.45) is 3.58. The highest BCUT2D eigenvalue weighted by molar-refractivity contribution is 5.96. The summed E-state index contributed by atoms with van der Waals surface area (Å²) in [5.41, 5.74) is 2.35. The van der Waals surface area contributed by atoms with Crippen molar-refractivity contribution in [2.45, 2.75) is 32.2 Å². The Morgan fingerprint density at radius 2 is 1.63 bits per heavy atom. The number of amides is 2. The minimum Gasteiger partial charge on any atom is -0.346 e. The van der Waals surface area contributed by atoms with Crippen LogP contribution in [0.3, 0.4) is 0 Å². The fourth-order valence-electron chi connectivity index (χ4n) is 3.33. The first-order valence-electron chi connectivity index (χ1n) is 9.60. The van der Waals surface area contributed by atoms with E-state index in [0.717, 1.165) is 18.7 Å². The second-order valence-electron chi connectivity index (χ2n) is 7.07. The zero-order chi connectivity index (χ0) is 19.1. The fraction of sp³-hybridized carbons (Fsp3) is 0.364. The van der Waals surface area contributed by atoms with Crippen LogP contribution in [0.1, 0.15) is 48.1 Å². The van der Waals surface area contributed by atoms with Crippen LogP contribution < -0.4 is 10.6 Å². The second-order valence-corrected chi connectivity index (χ2v) is 7.07. The van der Waals surface area contributed by atoms with E-state index in [0.29, 0.717) is 17.8 Å². The van der Waals surface area contributed by atoms with E-state index in [1.54, 1.807) is 24.3 Å². The van der Waals surface area contributed by atoms with Gasteiger partial charge in [0.1, 0.15) is 0 Å². The van der Waals surface area contributed by atoms with E-state index in [2.05, 4.69) is 15.5 Å². The number of likely N-dealkylation sites (tertiary alicyclic amines) is 1. The maximum atomic E-state index is 12.4. The lowest BCUT2D eigenvalue weighted by Gasteiger charge is -2.25. The number of nitrogens with zero attached hydrogens (tertiary/aromatic N) is 1. The Balaban J connectivity index is 1.51. The van der Waals surface area contributed by atoms with E-state index in [9.17, 15) is 9.59 Å². The van der Waals surface area contributed by atoms with E-state index in [1.807, 2.05) is 37.3 Å². The van der Waals surface area contributed by atoms with Crippen molar-refractivity contribution < 1.29 is 9.59 Å². The summed E-state index contributed by atoms with van der Waals surface area (Å²) < 4.78 is 0. The molecule has 3 rings (SSSR count). The van der Waals surface area contributed by atoms with Crippen LogP contribution in [0.25, 0.3) is 0 Å². The van der Waals surface area contributed by atoms with Gasteiger partial charge in [0.15, 0.2) is 0 Å². The predicted octanol–water partition coefficient (Wildman–Crippen LogP) is 3.60. The quantitative estimate of drug-likeness (QED) is 0.822. The third-order valence-electron chi connectivity index (χ3n) is 4.89. The lowest BCUT2D eigenvalue weighted by molar-refractivity contribution is -0.117. The Bertz CT molecular complexity index is 753. The lowest BCUT2D eigenvalue weighted by atomic mass is 10.1. The second kappa shape index (κ2) is 9.33. The van der Waals surface area contributed by atoms with Crippen molar-refractivity contribution in [3.8, 4) is 0 Å². The van der Waals surface area contributed by atoms with Crippen molar-refractivity contribution in [3.63, 3.8) is 0 Å². The maximum Gasteiger partial charge on any atom is 0.251 e. The molecule has 2 amide bonds. The molecule has 0 aromatic heterocycles. The standard InChI is InChI=1S/C22H27N3O2/c1-17(18-8-4-2-5-9-18)23-22(27)19-10-12-20(13-11-19)24-21(26)16-25-14-6-3-7-15-25/h2,4-5,8-13,17H,3,6-7,14-16H2,1H3,(H,23,27)(H,24,26). The molecule has 27 heavy (non-hydrogen) atoms. The van der Waals surface area contributed by atoms with Gasteiger partial charge in [0, 0.05) is 11.3 Å². The average molecular weight is 365 g/mol. The number of hydrogen-bond donors (Lipinski definition) is 2. The summed E-state index contributed by atoms with van der Waals surface area (Å²) >= 11 is 0. The zero-order valence-electron chi connectivity index (χ0n) is 15.8. The Morgan fingerprint density at radius 3 is 2.30 bits per heavy atom. The molecule has 5 nitrogen and oxygen atoms in total. The smallest absolute Gasteiger partial charge is 0.251 e. The molecule has 1 unspecified atom stereocenters. The zero-order valence-corrected chi connectivity index (χ0v) is 15.8. The molecule has 142 valence electrons. The van der Waals surface area contributed by atoms with E-state index in [-0.39, 0.29) is 17.9 Å². The van der Waals surface area contributed by atoms with Crippen LogP contribution in [0.2, 0.25) is 0 Å². The normalized spacial score (nSPS) is 15.7. The lowest BCUT2D eigenvalue weighted by Crippen LogP contribution is -2.36. The first-order valence-corrected chi connectivity index (χ1v) is 9.60. The molecule has 5 heteroatoms. The molecule has 0 saturated carbocycles. The Morgan fingerprint density at radius 1 is 0.963 bits per heavy atom. The molecule has 1 heterocycles. The van der Waals surface area contributed by atoms with Crippen LogP contribution in [-0.2, 0) is 4.79 Å². The van der Waals surface area contributed by atoms with Crippen LogP contribution in [0.15, 0.2) is 54.6 Å². The van der Waals surface area contributed by atoms with Gasteiger partial charge < -0.3 is 10.6 Å². The van der Waals surface area contributed by atoms with Crippen LogP contribution >= 0.6 is 0 Å². The van der Waals surface area contributed by atoms with Crippen LogP contribution in [0.5, 0.6) is 0 Å². The number of benzene rings is 2. The van der Waals surface area contributed by atoms with Gasteiger partial charge in [-0.1, -0.05) is 36.8 Å². The van der Waals surface area contributed by atoms with Gasteiger partial charge in [0.25, 0.3) is 5.91 Å². The molecule has 1 aliphatic heterocycles. The summed E-state index contributed by atoms with van der Waals surface area (Å²) in [6.45, 7) is 4.37. The van der Waals surface area contributed by atoms with Crippen molar-refractivity contribution in [2.24, 2.45) is 0 Å². The first-order chi connectivity index (χ1) is 13.1. The minimum absolute atomic E-state index is 0.00759. The average Bonchev–Trinajstić information content (AvgIpc) is 2.70. The van der Waals surface area contributed by atoms with Gasteiger partial charge in [0.2, 0.25) is 5.91 Å². The van der Waals surface area contributed by atoms with Gasteiger partial charge in [-0.05, 0) is 62.7 Å². The molecular weight excluding hydrogens is 338 g/mol. The minimum atomic E-state index is -0.127. The van der Waals surface area contributed by atoms with Crippen molar-refractivity contribution >= 4 is 17.5 Å². The van der Waals surface area contributed by atoms with Gasteiger partial charge in [-0.2, -0.15) is 0 Å². The van der Waals surface area contributed by atoms with Crippen LogP contribution in [-0.4, -0.2) is 36.3 Å². The molecule has 2 N–H and O–H groups in total. The number of anilines is 1. The van der Waals surface area contributed by atoms with E-state index in [1.165, 1.54) is 19.3 Å². The Hall–Kier alpha value is -2.66. The van der Waals surface area contributed by atoms with Crippen LogP contribution in [0.4, 0.5) is 5.69 Å². The molecule has 2 aromatic carbocycles. The van der Waals surface area contributed by atoms with Crippen molar-refractivity contribution in [1.29, 1.82) is 0 Å². The molecule has 1 aliphatic rings. The summed E-state index contributed by atoms with van der Waals surface area (Å²) in [7, 11) is 0. The summed E-state index contributed by atoms with van der Waals surface area (Å²) in [4.78, 5) is 26.8. The maximum absolute atomic E-state index is 12.4. The molecule has 1 saturated heterocycles. The highest BCUT2D eigenvalue weighted by Crippen LogP contribution is 2.14. The highest BCUT2D eigenvalue weighted by Gasteiger charge is 2.14. The fourth-order valence-corrected chi connectivity index (χ4v) is 3.33. The van der Waals surface area contributed by atoms with Crippen molar-refractivity contribution in [2.75, 3.05) is 25.0 Å². The monoisotopic (exact) mass is 365 g/mol. The molecule has 0 aliphatic carbocycles. The first kappa shape index (κ1) is 19.1. The van der Waals surface area contributed by atoms with E-state index < -0.39 is 0 Å². The third kappa shape index (κ3) is 5.66. The molecule has 0 radical (unpaired) electrons. The van der Waals surface area contributed by atoms with Gasteiger partial charge in [-0.15, -0.1) is 0 Å². The van der Waals surface area contributed by atoms with Gasteiger partial charge >= 0.3 is 0 Å². The number of carbonyl (C=O) groups excluding carboxylic acids is 2. The van der Waals surface area contributed by atoms with Gasteiger partial charge in [-0.3, -0.25) is 14.5 Å². The number of hydrogen-bond acceptors (Lipinski definition) is 3. The van der Waals surface area contributed by atoms with E-state index in [4.69, 9.17) is 0 Å². The summed E-state index contributed by atoms with van der Waals surface area (Å²) in [5, 5.41) is 5.90. The van der Waals surface area contributed by atoms with Gasteiger partial charge in [0.05, 0.1) is 12.6 Å². The van der Waals surface area contributed by atoms with Gasteiger partial charge in [-0.25, -0.2) is 0 Å². The molecular formula is C22H27N3O2. The summed E-state index contributed by atoms with van der Waals surface area (Å²) in [5.74, 6) is -0.135. The number of nitrogens with one attached hydrogen (secondary N) is 2. The SMILES string of the molecule is CC(NC(=O)c1ccc(NC(=O)CN2CCCCC2)cc1)c1ccccc1. The highest BCUT2D eigenvalue weighted by atomic mass is 16.2. The Labute approximate surface area is 160 Å². The number of rotatable bonds is 6. The predicted molar refractivity (Wildman–Crippen MR) is 108 cm³/mol. The van der Waals surface area contributed by atoms with Crippen molar-refractivity contribution in [3.05, 3.63) is 65.7 Å². The summed E-state index contributed by atoms with van der Waals surface area (Å²) in [6, 6.07) is 16.8. The Kier molecular flexibility index (Phi) is 6.60. The topological polar surface area (TPSA) is 61.4 Å². The third-order valence-corrected chi connectivity index (χ3v) is 4.89. The largest absolute Gasteiger partial charge is 0.346 e. The molecule has 0 bridgehead atoms. The van der Waals surface area contributed by atoms with E-state index >= 15 is 0 Å². The molecule has 1 fully saturated rings. The number of carbonyl (C=O) groups is 2. The molecule has 2 aromatic rings. The van der Waals surface area contributed by atoms with Crippen molar-refractivity contribution in [1.82, 2.24) is 10.2 Å². The van der Waals surface area contributed by atoms with Crippen LogP contribution in [0, 0.1) is 0 Å². The molecule has 0 spiro atoms. The number of piperidine rings is 1. The molecule has 1 atom stereocenters.